The molecule has 0 atom stereocenters. The van der Waals surface area contributed by atoms with Gasteiger partial charge in [-0.3, -0.25) is 9.59 Å². The highest BCUT2D eigenvalue weighted by Crippen LogP contribution is 2.15. The number of Topliss-reactive ketones (excluding diaryl/α,β-unsaturated/α-hetero) is 2. The van der Waals surface area contributed by atoms with E-state index in [0.29, 0.717) is 17.5 Å². The second-order valence-corrected chi connectivity index (χ2v) is 8.12. The van der Waals surface area contributed by atoms with Crippen molar-refractivity contribution < 1.29 is 18.0 Å². The van der Waals surface area contributed by atoms with Gasteiger partial charge in [-0.25, -0.2) is 8.42 Å². The minimum absolute atomic E-state index is 0.0797. The summed E-state index contributed by atoms with van der Waals surface area (Å²) in [5.74, 6) is 1.81. The van der Waals surface area contributed by atoms with Crippen LogP contribution in [0.4, 0.5) is 0 Å². The molecule has 2 rings (SSSR count). The van der Waals surface area contributed by atoms with Crippen LogP contribution < -0.4 is 0 Å². The number of terminal acetylenes is 1. The van der Waals surface area contributed by atoms with Crippen LogP contribution in [0.5, 0.6) is 0 Å². The van der Waals surface area contributed by atoms with E-state index in [4.69, 9.17) is 6.42 Å². The Balaban J connectivity index is 2.00. The Labute approximate surface area is 154 Å². The van der Waals surface area contributed by atoms with Crippen LogP contribution in [0, 0.1) is 19.3 Å². The molecule has 0 N–H and O–H groups in total. The lowest BCUT2D eigenvalue weighted by Gasteiger charge is -2.06. The van der Waals surface area contributed by atoms with E-state index in [1.54, 1.807) is 48.5 Å². The van der Waals surface area contributed by atoms with Gasteiger partial charge in [-0.2, -0.15) is 0 Å². The van der Waals surface area contributed by atoms with E-state index >= 15 is 0 Å². The summed E-state index contributed by atoms with van der Waals surface area (Å²) >= 11 is 0. The number of rotatable bonds is 8. The number of carbonyl (C=O) groups is 2. The van der Waals surface area contributed by atoms with Crippen LogP contribution in [0.25, 0.3) is 0 Å². The molecule has 0 radical (unpaired) electrons. The molecule has 0 heterocycles. The second kappa shape index (κ2) is 8.59. The first-order valence-electron chi connectivity index (χ1n) is 8.23. The number of aryl methyl sites for hydroxylation is 1. The van der Waals surface area contributed by atoms with Crippen LogP contribution in [0.1, 0.15) is 45.5 Å². The van der Waals surface area contributed by atoms with Crippen LogP contribution in [0.2, 0.25) is 0 Å². The fourth-order valence-corrected chi connectivity index (χ4v) is 3.65. The monoisotopic (exact) mass is 368 g/mol. The first-order chi connectivity index (χ1) is 12.3. The molecule has 0 saturated heterocycles. The average Bonchev–Trinajstić information content (AvgIpc) is 2.64. The summed E-state index contributed by atoms with van der Waals surface area (Å²) in [4.78, 5) is 24.3. The molecule has 0 aliphatic carbocycles. The molecule has 0 amide bonds. The number of ketones is 2. The van der Waals surface area contributed by atoms with E-state index in [0.717, 1.165) is 5.56 Å². The van der Waals surface area contributed by atoms with Gasteiger partial charge >= 0.3 is 0 Å². The van der Waals surface area contributed by atoms with E-state index in [2.05, 4.69) is 5.92 Å². The van der Waals surface area contributed by atoms with Gasteiger partial charge in [0.2, 0.25) is 0 Å². The maximum atomic E-state index is 12.3. The topological polar surface area (TPSA) is 68.3 Å². The van der Waals surface area contributed by atoms with Crippen LogP contribution >= 0.6 is 0 Å². The Morgan fingerprint density at radius 2 is 1.38 bits per heavy atom. The molecule has 0 aliphatic heterocycles. The molecule has 0 aromatic heterocycles. The molecule has 0 saturated carbocycles. The maximum Gasteiger partial charge on any atom is 0.178 e. The van der Waals surface area contributed by atoms with E-state index in [1.165, 1.54) is 0 Å². The predicted octanol–water partition coefficient (Wildman–Crippen LogP) is 3.64. The lowest BCUT2D eigenvalue weighted by molar-refractivity contribution is 0.0975. The van der Waals surface area contributed by atoms with Gasteiger partial charge in [-0.15, -0.1) is 12.3 Å². The Kier molecular flexibility index (Phi) is 6.48. The number of benzene rings is 2. The number of hydrogen-bond acceptors (Lipinski definition) is 4. The lowest BCUT2D eigenvalue weighted by Crippen LogP contribution is -2.12. The van der Waals surface area contributed by atoms with Gasteiger partial charge in [-0.1, -0.05) is 42.0 Å². The molecular formula is C21H20O4S. The van der Waals surface area contributed by atoms with E-state index in [9.17, 15) is 18.0 Å². The molecule has 0 fully saturated rings. The van der Waals surface area contributed by atoms with E-state index < -0.39 is 9.84 Å². The summed E-state index contributed by atoms with van der Waals surface area (Å²) in [5, 5.41) is 0. The molecule has 0 aliphatic rings. The summed E-state index contributed by atoms with van der Waals surface area (Å²) in [5.41, 5.74) is 1.85. The number of carbonyl (C=O) groups excluding carboxylic acids is 2. The highest BCUT2D eigenvalue weighted by atomic mass is 32.2. The van der Waals surface area contributed by atoms with Crippen LogP contribution in [-0.2, 0) is 9.84 Å². The van der Waals surface area contributed by atoms with Gasteiger partial charge in [-0.05, 0) is 19.1 Å². The van der Waals surface area contributed by atoms with Gasteiger partial charge in [0.05, 0.1) is 10.6 Å². The third-order valence-electron chi connectivity index (χ3n) is 4.00. The molecule has 134 valence electrons. The normalized spacial score (nSPS) is 10.9. The molecule has 5 heteroatoms. The van der Waals surface area contributed by atoms with Gasteiger partial charge in [0.15, 0.2) is 21.4 Å². The maximum absolute atomic E-state index is 12.3. The highest BCUT2D eigenvalue weighted by Gasteiger charge is 2.17. The molecule has 0 spiro atoms. The van der Waals surface area contributed by atoms with Crippen molar-refractivity contribution in [3.8, 4) is 12.3 Å². The molecule has 2 aromatic rings. The van der Waals surface area contributed by atoms with Gasteiger partial charge in [0, 0.05) is 30.4 Å². The largest absolute Gasteiger partial charge is 0.294 e. The Morgan fingerprint density at radius 3 is 1.88 bits per heavy atom. The van der Waals surface area contributed by atoms with Crippen LogP contribution in [-0.4, -0.2) is 25.7 Å². The Bertz CT molecular complexity index is 931. The van der Waals surface area contributed by atoms with Crippen molar-refractivity contribution >= 4 is 21.4 Å². The van der Waals surface area contributed by atoms with Gasteiger partial charge in [0.25, 0.3) is 0 Å². The molecule has 26 heavy (non-hydrogen) atoms. The Hall–Kier alpha value is -2.71. The van der Waals surface area contributed by atoms with Gasteiger partial charge in [0.1, 0.15) is 0 Å². The zero-order valence-corrected chi connectivity index (χ0v) is 15.4. The average molecular weight is 368 g/mol. The van der Waals surface area contributed by atoms with E-state index in [-0.39, 0.29) is 35.1 Å². The third kappa shape index (κ3) is 5.14. The SMILES string of the molecule is C#CCCC(=O)c1ccc(C(=O)CCS(=O)(=O)c2ccc(C)cc2)cc1. The first-order valence-corrected chi connectivity index (χ1v) is 9.88. The van der Waals surface area contributed by atoms with Crippen LogP contribution in [0.3, 0.4) is 0 Å². The summed E-state index contributed by atoms with van der Waals surface area (Å²) in [6, 6.07) is 12.8. The predicted molar refractivity (Wildman–Crippen MR) is 101 cm³/mol. The molecule has 0 bridgehead atoms. The lowest BCUT2D eigenvalue weighted by atomic mass is 10.0. The molecular weight excluding hydrogens is 348 g/mol. The van der Waals surface area contributed by atoms with E-state index in [1.807, 2.05) is 6.92 Å². The summed E-state index contributed by atoms with van der Waals surface area (Å²) in [6.45, 7) is 1.88. The zero-order chi connectivity index (χ0) is 19.2. The van der Waals surface area contributed by atoms with Crippen LogP contribution in [0.15, 0.2) is 53.4 Å². The first kappa shape index (κ1) is 19.6. The summed E-state index contributed by atoms with van der Waals surface area (Å²) in [7, 11) is -3.51. The van der Waals surface area contributed by atoms with Crippen molar-refractivity contribution in [3.05, 3.63) is 65.2 Å². The quantitative estimate of drug-likeness (QED) is 0.527. The minimum atomic E-state index is -3.51. The van der Waals surface area contributed by atoms with Crippen molar-refractivity contribution in [2.45, 2.75) is 31.1 Å². The van der Waals surface area contributed by atoms with Gasteiger partial charge < -0.3 is 0 Å². The summed E-state index contributed by atoms with van der Waals surface area (Å²) in [6.07, 6.45) is 5.66. The fourth-order valence-electron chi connectivity index (χ4n) is 2.41. The Morgan fingerprint density at radius 1 is 0.885 bits per heavy atom. The standard InChI is InChI=1S/C21H20O4S/c1-3-4-5-20(22)17-8-10-18(11-9-17)21(23)14-15-26(24,25)19-12-6-16(2)7-13-19/h1,6-13H,4-5,14-15H2,2H3. The molecule has 2 aromatic carbocycles. The molecule has 4 nitrogen and oxygen atoms in total. The van der Waals surface area contributed by atoms with Crippen molar-refractivity contribution in [1.29, 1.82) is 0 Å². The van der Waals surface area contributed by atoms with Crippen molar-refractivity contribution in [3.63, 3.8) is 0 Å². The van der Waals surface area contributed by atoms with Crippen molar-refractivity contribution in [2.75, 3.05) is 5.75 Å². The number of hydrogen-bond donors (Lipinski definition) is 0. The zero-order valence-electron chi connectivity index (χ0n) is 14.6. The van der Waals surface area contributed by atoms with Crippen molar-refractivity contribution in [2.24, 2.45) is 0 Å². The summed E-state index contributed by atoms with van der Waals surface area (Å²) < 4.78 is 24.6. The highest BCUT2D eigenvalue weighted by molar-refractivity contribution is 7.91. The second-order valence-electron chi connectivity index (χ2n) is 6.01. The van der Waals surface area contributed by atoms with Crippen molar-refractivity contribution in [1.82, 2.24) is 0 Å². The minimum Gasteiger partial charge on any atom is -0.294 e. The smallest absolute Gasteiger partial charge is 0.178 e. The molecule has 0 unspecified atom stereocenters. The fraction of sp³-hybridized carbons (Fsp3) is 0.238. The number of sulfone groups is 1. The third-order valence-corrected chi connectivity index (χ3v) is 5.74.